The number of rotatable bonds is 4. The van der Waals surface area contributed by atoms with Gasteiger partial charge in [0.25, 0.3) is 0 Å². The summed E-state index contributed by atoms with van der Waals surface area (Å²) in [6, 6.07) is 13.7. The van der Waals surface area contributed by atoms with Gasteiger partial charge in [-0.1, -0.05) is 23.7 Å². The van der Waals surface area contributed by atoms with E-state index in [2.05, 4.69) is 15.5 Å². The molecule has 3 nitrogen and oxygen atoms in total. The fourth-order valence-corrected chi connectivity index (χ4v) is 2.75. The van der Waals surface area contributed by atoms with Crippen molar-refractivity contribution in [2.24, 2.45) is 5.10 Å². The third-order valence-corrected chi connectivity index (χ3v) is 4.22. The Bertz CT molecular complexity index is 826. The predicted molar refractivity (Wildman–Crippen MR) is 94.8 cm³/mol. The number of nitrogens with one attached hydrogen (secondary N) is 1. The molecule has 0 saturated heterocycles. The summed E-state index contributed by atoms with van der Waals surface area (Å²) in [6.45, 7) is 1.91. The van der Waals surface area contributed by atoms with Gasteiger partial charge in [-0.3, -0.25) is 5.43 Å². The summed E-state index contributed by atoms with van der Waals surface area (Å²) >= 11 is 7.32. The van der Waals surface area contributed by atoms with Gasteiger partial charge in [0.15, 0.2) is 0 Å². The van der Waals surface area contributed by atoms with E-state index >= 15 is 0 Å². The van der Waals surface area contributed by atoms with E-state index in [0.29, 0.717) is 10.2 Å². The van der Waals surface area contributed by atoms with Crippen LogP contribution in [-0.2, 0) is 0 Å². The average Bonchev–Trinajstić information content (AvgIpc) is 3.03. The Kier molecular flexibility index (Phi) is 4.69. The second kappa shape index (κ2) is 6.89. The molecule has 2 aromatic carbocycles. The molecule has 1 heterocycles. The largest absolute Gasteiger partial charge is 0.252 e. The highest BCUT2D eigenvalue weighted by atomic mass is 35.5. The van der Waals surface area contributed by atoms with Gasteiger partial charge >= 0.3 is 0 Å². The molecule has 3 rings (SSSR count). The molecule has 0 amide bonds. The van der Waals surface area contributed by atoms with Crippen molar-refractivity contribution >= 4 is 33.8 Å². The highest BCUT2D eigenvalue weighted by Gasteiger charge is 2.05. The molecule has 0 fully saturated rings. The monoisotopic (exact) mass is 345 g/mol. The third-order valence-electron chi connectivity index (χ3n) is 3.23. The maximum absolute atomic E-state index is 12.9. The molecule has 0 saturated carbocycles. The quantitative estimate of drug-likeness (QED) is 0.505. The van der Waals surface area contributed by atoms with E-state index in [-0.39, 0.29) is 5.82 Å². The first-order valence-electron chi connectivity index (χ1n) is 6.89. The summed E-state index contributed by atoms with van der Waals surface area (Å²) in [4.78, 5) is 4.45. The number of hydrogen-bond acceptors (Lipinski definition) is 4. The molecule has 0 aliphatic heterocycles. The molecule has 1 aromatic heterocycles. The maximum atomic E-state index is 12.9. The molecule has 0 bridgehead atoms. The number of halogens is 2. The summed E-state index contributed by atoms with van der Waals surface area (Å²) < 4.78 is 12.9. The highest BCUT2D eigenvalue weighted by molar-refractivity contribution is 7.14. The number of thiazole rings is 1. The highest BCUT2D eigenvalue weighted by Crippen LogP contribution is 2.25. The van der Waals surface area contributed by atoms with Crippen LogP contribution >= 0.6 is 22.9 Å². The summed E-state index contributed by atoms with van der Waals surface area (Å²) in [5, 5.41) is 7.60. The van der Waals surface area contributed by atoms with Crippen LogP contribution in [0.4, 0.5) is 9.52 Å². The topological polar surface area (TPSA) is 37.3 Å². The van der Waals surface area contributed by atoms with Gasteiger partial charge in [0, 0.05) is 16.0 Å². The summed E-state index contributed by atoms with van der Waals surface area (Å²) in [7, 11) is 0. The number of aromatic nitrogens is 1. The second-order valence-electron chi connectivity index (χ2n) is 4.86. The smallest absolute Gasteiger partial charge is 0.203 e. The fourth-order valence-electron chi connectivity index (χ4n) is 1.97. The molecular weight excluding hydrogens is 333 g/mol. The van der Waals surface area contributed by atoms with Crippen LogP contribution in [0, 0.1) is 5.82 Å². The average molecular weight is 346 g/mol. The third kappa shape index (κ3) is 3.94. The van der Waals surface area contributed by atoms with Gasteiger partial charge in [-0.25, -0.2) is 9.37 Å². The van der Waals surface area contributed by atoms with Crippen molar-refractivity contribution in [3.8, 4) is 11.3 Å². The number of anilines is 1. The lowest BCUT2D eigenvalue weighted by molar-refractivity contribution is 0.628. The molecule has 23 heavy (non-hydrogen) atoms. The number of nitrogens with zero attached hydrogens (tertiary/aromatic N) is 2. The molecular formula is C17H13ClFN3S. The molecule has 1 N–H and O–H groups in total. The summed E-state index contributed by atoms with van der Waals surface area (Å²) in [5.74, 6) is -0.259. The molecule has 3 aromatic rings. The van der Waals surface area contributed by atoms with Crippen molar-refractivity contribution in [3.63, 3.8) is 0 Å². The van der Waals surface area contributed by atoms with Crippen LogP contribution in [-0.4, -0.2) is 10.7 Å². The van der Waals surface area contributed by atoms with E-state index in [1.807, 2.05) is 36.6 Å². The zero-order valence-electron chi connectivity index (χ0n) is 12.3. The molecule has 0 aliphatic rings. The summed E-state index contributed by atoms with van der Waals surface area (Å²) in [5.41, 5.74) is 6.42. The number of benzene rings is 2. The van der Waals surface area contributed by atoms with Crippen LogP contribution in [0.1, 0.15) is 12.5 Å². The van der Waals surface area contributed by atoms with Crippen molar-refractivity contribution < 1.29 is 4.39 Å². The van der Waals surface area contributed by atoms with Gasteiger partial charge in [-0.05, 0) is 48.9 Å². The lowest BCUT2D eigenvalue weighted by Gasteiger charge is -2.01. The second-order valence-corrected chi connectivity index (χ2v) is 6.16. The van der Waals surface area contributed by atoms with E-state index < -0.39 is 0 Å². The minimum atomic E-state index is -0.259. The van der Waals surface area contributed by atoms with E-state index in [1.54, 1.807) is 12.1 Å². The van der Waals surface area contributed by atoms with Crippen LogP contribution in [0.2, 0.25) is 5.02 Å². The van der Waals surface area contributed by atoms with Crippen LogP contribution in [0.25, 0.3) is 11.3 Å². The molecule has 0 atom stereocenters. The SMILES string of the molecule is CC(=NNc1nc(-c2ccc(F)cc2)cs1)c1ccc(Cl)cc1. The Labute approximate surface area is 142 Å². The predicted octanol–water partition coefficient (Wildman–Crippen LogP) is 5.44. The van der Waals surface area contributed by atoms with Crippen LogP contribution in [0.3, 0.4) is 0 Å². The molecule has 0 aliphatic carbocycles. The lowest BCUT2D eigenvalue weighted by Crippen LogP contribution is -1.99. The standard InChI is InChI=1S/C17H13ClFN3S/c1-11(12-2-6-14(18)7-3-12)21-22-17-20-16(10-23-17)13-4-8-15(19)9-5-13/h2-10H,1H3,(H,20,22). The molecule has 6 heteroatoms. The van der Waals surface area contributed by atoms with Gasteiger partial charge in [-0.15, -0.1) is 11.3 Å². The molecule has 0 spiro atoms. The van der Waals surface area contributed by atoms with Crippen LogP contribution in [0.5, 0.6) is 0 Å². The molecule has 0 radical (unpaired) electrons. The van der Waals surface area contributed by atoms with E-state index in [0.717, 1.165) is 22.5 Å². The number of hydrogen-bond donors (Lipinski definition) is 1. The van der Waals surface area contributed by atoms with Crippen molar-refractivity contribution in [2.75, 3.05) is 5.43 Å². The van der Waals surface area contributed by atoms with Gasteiger partial charge in [0.2, 0.25) is 5.13 Å². The van der Waals surface area contributed by atoms with Gasteiger partial charge in [-0.2, -0.15) is 5.10 Å². The van der Waals surface area contributed by atoms with Crippen molar-refractivity contribution in [1.29, 1.82) is 0 Å². The fraction of sp³-hybridized carbons (Fsp3) is 0.0588. The Balaban J connectivity index is 1.72. The van der Waals surface area contributed by atoms with Crippen molar-refractivity contribution in [3.05, 3.63) is 70.3 Å². The molecule has 0 unspecified atom stereocenters. The Morgan fingerprint density at radius 2 is 1.83 bits per heavy atom. The van der Waals surface area contributed by atoms with E-state index in [9.17, 15) is 4.39 Å². The first-order chi connectivity index (χ1) is 11.1. The van der Waals surface area contributed by atoms with Crippen molar-refractivity contribution in [1.82, 2.24) is 4.98 Å². The van der Waals surface area contributed by atoms with E-state index in [4.69, 9.17) is 11.6 Å². The molecule has 116 valence electrons. The number of hydrazone groups is 1. The van der Waals surface area contributed by atoms with Gasteiger partial charge in [0.05, 0.1) is 11.4 Å². The minimum absolute atomic E-state index is 0.259. The lowest BCUT2D eigenvalue weighted by atomic mass is 10.1. The summed E-state index contributed by atoms with van der Waals surface area (Å²) in [6.07, 6.45) is 0. The first-order valence-corrected chi connectivity index (χ1v) is 8.15. The van der Waals surface area contributed by atoms with Gasteiger partial charge in [0.1, 0.15) is 5.82 Å². The Morgan fingerprint density at radius 3 is 2.52 bits per heavy atom. The van der Waals surface area contributed by atoms with Crippen LogP contribution < -0.4 is 5.43 Å². The Hall–Kier alpha value is -2.24. The normalized spacial score (nSPS) is 11.5. The maximum Gasteiger partial charge on any atom is 0.203 e. The first kappa shape index (κ1) is 15.6. The zero-order valence-corrected chi connectivity index (χ0v) is 13.8. The van der Waals surface area contributed by atoms with E-state index in [1.165, 1.54) is 23.5 Å². The minimum Gasteiger partial charge on any atom is -0.252 e. The van der Waals surface area contributed by atoms with Gasteiger partial charge < -0.3 is 0 Å². The van der Waals surface area contributed by atoms with Crippen LogP contribution in [0.15, 0.2) is 59.0 Å². The Morgan fingerprint density at radius 1 is 1.13 bits per heavy atom. The van der Waals surface area contributed by atoms with Crippen molar-refractivity contribution in [2.45, 2.75) is 6.92 Å². The zero-order chi connectivity index (χ0) is 16.2.